The van der Waals surface area contributed by atoms with E-state index in [1.54, 1.807) is 19.1 Å². The van der Waals surface area contributed by atoms with Crippen LogP contribution in [0.1, 0.15) is 5.56 Å². The van der Waals surface area contributed by atoms with E-state index in [1.165, 1.54) is 6.07 Å². The van der Waals surface area contributed by atoms with Crippen LogP contribution >= 0.6 is 0 Å². The van der Waals surface area contributed by atoms with Crippen molar-refractivity contribution in [3.63, 3.8) is 0 Å². The van der Waals surface area contributed by atoms with Gasteiger partial charge in [0.1, 0.15) is 11.5 Å². The Labute approximate surface area is 109 Å². The molecule has 2 N–H and O–H groups in total. The summed E-state index contributed by atoms with van der Waals surface area (Å²) in [5, 5.41) is 9.89. The van der Waals surface area contributed by atoms with Crippen molar-refractivity contribution >= 4 is 16.6 Å². The van der Waals surface area contributed by atoms with Gasteiger partial charge in [0.25, 0.3) is 0 Å². The number of nitrogen functional groups attached to an aromatic ring is 1. The Kier molecular flexibility index (Phi) is 2.63. The largest absolute Gasteiger partial charge is 0.382 e. The van der Waals surface area contributed by atoms with E-state index in [0.29, 0.717) is 17.1 Å². The summed E-state index contributed by atoms with van der Waals surface area (Å²) in [5.74, 6) is 0.176. The van der Waals surface area contributed by atoms with Gasteiger partial charge in [-0.1, -0.05) is 24.3 Å². The van der Waals surface area contributed by atoms with Crippen LogP contribution in [0.15, 0.2) is 42.5 Å². The van der Waals surface area contributed by atoms with Crippen molar-refractivity contribution in [2.24, 2.45) is 0 Å². The predicted octanol–water partition coefficient (Wildman–Crippen LogP) is 3.33. The quantitative estimate of drug-likeness (QED) is 0.723. The summed E-state index contributed by atoms with van der Waals surface area (Å²) in [6.07, 6.45) is 0. The molecule has 0 saturated heterocycles. The first-order valence-corrected chi connectivity index (χ1v) is 5.94. The maximum absolute atomic E-state index is 13.3. The fourth-order valence-corrected chi connectivity index (χ4v) is 2.13. The lowest BCUT2D eigenvalue weighted by atomic mass is 10.0. The first-order chi connectivity index (χ1) is 9.16. The molecule has 4 heteroatoms. The summed E-state index contributed by atoms with van der Waals surface area (Å²) in [6.45, 7) is 1.73. The second-order valence-electron chi connectivity index (χ2n) is 4.44. The van der Waals surface area contributed by atoms with Crippen LogP contribution in [0, 0.1) is 12.7 Å². The summed E-state index contributed by atoms with van der Waals surface area (Å²) >= 11 is 0. The summed E-state index contributed by atoms with van der Waals surface area (Å²) in [5.41, 5.74) is 7.96. The number of nitrogens with zero attached hydrogens (tertiary/aromatic N) is 2. The molecule has 0 radical (unpaired) electrons. The van der Waals surface area contributed by atoms with Crippen LogP contribution in [0.4, 0.5) is 10.2 Å². The standard InChI is InChI=1S/C15H12FN3/c1-9-8-10(6-7-13(9)16)14-11-4-2-3-5-12(11)15(17)19-18-14/h2-8H,1H3,(H2,17,19). The lowest BCUT2D eigenvalue weighted by Crippen LogP contribution is -1.97. The Morgan fingerprint density at radius 1 is 1.00 bits per heavy atom. The van der Waals surface area contributed by atoms with Crippen LogP contribution in [0.25, 0.3) is 22.0 Å². The number of aryl methyl sites for hydroxylation is 1. The highest BCUT2D eigenvalue weighted by Gasteiger charge is 2.10. The van der Waals surface area contributed by atoms with Crippen LogP contribution in [0.5, 0.6) is 0 Å². The molecule has 1 heterocycles. The Morgan fingerprint density at radius 2 is 1.74 bits per heavy atom. The molecule has 0 unspecified atom stereocenters. The monoisotopic (exact) mass is 253 g/mol. The molecule has 0 spiro atoms. The number of rotatable bonds is 1. The Bertz CT molecular complexity index is 768. The highest BCUT2D eigenvalue weighted by atomic mass is 19.1. The zero-order chi connectivity index (χ0) is 13.4. The molecule has 3 rings (SSSR count). The summed E-state index contributed by atoms with van der Waals surface area (Å²) < 4.78 is 13.3. The van der Waals surface area contributed by atoms with E-state index in [1.807, 2.05) is 24.3 Å². The molecule has 0 aliphatic rings. The number of hydrogen-bond acceptors (Lipinski definition) is 3. The van der Waals surface area contributed by atoms with Gasteiger partial charge in [0, 0.05) is 16.3 Å². The number of hydrogen-bond donors (Lipinski definition) is 1. The average Bonchev–Trinajstić information content (AvgIpc) is 2.43. The van der Waals surface area contributed by atoms with Crippen molar-refractivity contribution in [3.05, 3.63) is 53.8 Å². The van der Waals surface area contributed by atoms with Crippen molar-refractivity contribution in [2.75, 3.05) is 5.73 Å². The van der Waals surface area contributed by atoms with Gasteiger partial charge >= 0.3 is 0 Å². The van der Waals surface area contributed by atoms with Crippen molar-refractivity contribution in [2.45, 2.75) is 6.92 Å². The summed E-state index contributed by atoms with van der Waals surface area (Å²) in [7, 11) is 0. The van der Waals surface area contributed by atoms with Crippen LogP contribution in [-0.4, -0.2) is 10.2 Å². The molecule has 0 bridgehead atoms. The van der Waals surface area contributed by atoms with Gasteiger partial charge in [0.2, 0.25) is 0 Å². The lowest BCUT2D eigenvalue weighted by Gasteiger charge is -2.07. The Balaban J connectivity index is 2.31. The molecule has 2 aromatic carbocycles. The molecule has 0 aliphatic heterocycles. The minimum atomic E-state index is -0.226. The number of benzene rings is 2. The first kappa shape index (κ1) is 11.6. The van der Waals surface area contributed by atoms with Gasteiger partial charge in [-0.15, -0.1) is 10.2 Å². The highest BCUT2D eigenvalue weighted by Crippen LogP contribution is 2.29. The van der Waals surface area contributed by atoms with Gasteiger partial charge in [0.05, 0.1) is 0 Å². The van der Waals surface area contributed by atoms with E-state index in [9.17, 15) is 4.39 Å². The van der Waals surface area contributed by atoms with Gasteiger partial charge in [-0.2, -0.15) is 0 Å². The lowest BCUT2D eigenvalue weighted by molar-refractivity contribution is 0.619. The second kappa shape index (κ2) is 4.31. The first-order valence-electron chi connectivity index (χ1n) is 5.94. The van der Waals surface area contributed by atoms with E-state index in [-0.39, 0.29) is 5.82 Å². The highest BCUT2D eigenvalue weighted by molar-refractivity contribution is 5.99. The van der Waals surface area contributed by atoms with E-state index in [2.05, 4.69) is 10.2 Å². The molecule has 0 atom stereocenters. The molecule has 19 heavy (non-hydrogen) atoms. The van der Waals surface area contributed by atoms with Crippen LogP contribution < -0.4 is 5.73 Å². The SMILES string of the molecule is Cc1cc(-c2nnc(N)c3ccccc23)ccc1F. The molecule has 0 amide bonds. The van der Waals surface area contributed by atoms with E-state index in [4.69, 9.17) is 5.73 Å². The minimum Gasteiger partial charge on any atom is -0.382 e. The smallest absolute Gasteiger partial charge is 0.154 e. The molecule has 0 aliphatic carbocycles. The molecule has 94 valence electrons. The third kappa shape index (κ3) is 1.91. The zero-order valence-corrected chi connectivity index (χ0v) is 10.4. The molecule has 1 aromatic heterocycles. The second-order valence-corrected chi connectivity index (χ2v) is 4.44. The van der Waals surface area contributed by atoms with E-state index >= 15 is 0 Å². The third-order valence-electron chi connectivity index (χ3n) is 3.15. The zero-order valence-electron chi connectivity index (χ0n) is 10.4. The molecule has 0 fully saturated rings. The molecular formula is C15H12FN3. The van der Waals surface area contributed by atoms with Gasteiger partial charge < -0.3 is 5.73 Å². The maximum Gasteiger partial charge on any atom is 0.154 e. The van der Waals surface area contributed by atoms with E-state index in [0.717, 1.165) is 16.3 Å². The van der Waals surface area contributed by atoms with Gasteiger partial charge in [0.15, 0.2) is 5.82 Å². The number of anilines is 1. The van der Waals surface area contributed by atoms with Crippen LogP contribution in [-0.2, 0) is 0 Å². The number of aromatic nitrogens is 2. The predicted molar refractivity (Wildman–Crippen MR) is 74.1 cm³/mol. The molecule has 0 saturated carbocycles. The van der Waals surface area contributed by atoms with Crippen molar-refractivity contribution < 1.29 is 4.39 Å². The molecule has 3 nitrogen and oxygen atoms in total. The maximum atomic E-state index is 13.3. The van der Waals surface area contributed by atoms with Gasteiger partial charge in [-0.25, -0.2) is 4.39 Å². The van der Waals surface area contributed by atoms with Crippen molar-refractivity contribution in [1.29, 1.82) is 0 Å². The van der Waals surface area contributed by atoms with Crippen LogP contribution in [0.2, 0.25) is 0 Å². The summed E-state index contributed by atoms with van der Waals surface area (Å²) in [6, 6.07) is 12.6. The van der Waals surface area contributed by atoms with Gasteiger partial charge in [-0.3, -0.25) is 0 Å². The summed E-state index contributed by atoms with van der Waals surface area (Å²) in [4.78, 5) is 0. The van der Waals surface area contributed by atoms with Crippen molar-refractivity contribution in [3.8, 4) is 11.3 Å². The number of nitrogens with two attached hydrogens (primary N) is 1. The average molecular weight is 253 g/mol. The minimum absolute atomic E-state index is 0.226. The Morgan fingerprint density at radius 3 is 2.47 bits per heavy atom. The molecule has 3 aromatic rings. The normalized spacial score (nSPS) is 10.8. The fourth-order valence-electron chi connectivity index (χ4n) is 2.13. The number of halogens is 1. The van der Waals surface area contributed by atoms with Crippen molar-refractivity contribution in [1.82, 2.24) is 10.2 Å². The fraction of sp³-hybridized carbons (Fsp3) is 0.0667. The Hall–Kier alpha value is -2.49. The van der Waals surface area contributed by atoms with Crippen LogP contribution in [0.3, 0.4) is 0 Å². The van der Waals surface area contributed by atoms with Gasteiger partial charge in [-0.05, 0) is 30.7 Å². The van der Waals surface area contributed by atoms with E-state index < -0.39 is 0 Å². The number of fused-ring (bicyclic) bond motifs is 1. The third-order valence-corrected chi connectivity index (χ3v) is 3.15. The molecular weight excluding hydrogens is 241 g/mol. The topological polar surface area (TPSA) is 51.8 Å².